The van der Waals surface area contributed by atoms with Crippen LogP contribution in [-0.4, -0.2) is 40.1 Å². The minimum atomic E-state index is -3.58. The quantitative estimate of drug-likeness (QED) is 0.760. The molecule has 1 unspecified atom stereocenters. The Bertz CT molecular complexity index is 785. The lowest BCUT2D eigenvalue weighted by atomic mass is 10.2. The molecule has 0 spiro atoms. The van der Waals surface area contributed by atoms with E-state index < -0.39 is 10.0 Å². The summed E-state index contributed by atoms with van der Waals surface area (Å²) >= 11 is 1.62. The van der Waals surface area contributed by atoms with Crippen LogP contribution in [0.1, 0.15) is 30.3 Å². The first-order chi connectivity index (χ1) is 11.7. The zero-order valence-corrected chi connectivity index (χ0v) is 16.9. The van der Waals surface area contributed by atoms with Crippen LogP contribution in [0.2, 0.25) is 0 Å². The Morgan fingerprint density at radius 1 is 1.24 bits per heavy atom. The van der Waals surface area contributed by atoms with Crippen LogP contribution in [0.5, 0.6) is 5.75 Å². The lowest BCUT2D eigenvalue weighted by Crippen LogP contribution is -2.34. The van der Waals surface area contributed by atoms with Crippen LogP contribution in [0.25, 0.3) is 0 Å². The van der Waals surface area contributed by atoms with Gasteiger partial charge in [0.05, 0.1) is 17.0 Å². The fourth-order valence-electron chi connectivity index (χ4n) is 2.47. The molecule has 1 heterocycles. The molecule has 138 valence electrons. The zero-order chi connectivity index (χ0) is 18.6. The first kappa shape index (κ1) is 19.9. The van der Waals surface area contributed by atoms with Gasteiger partial charge in [-0.05, 0) is 70.1 Å². The molecule has 1 aromatic heterocycles. The summed E-state index contributed by atoms with van der Waals surface area (Å²) in [6.07, 6.45) is 0.0472. The minimum absolute atomic E-state index is 0.000538. The van der Waals surface area contributed by atoms with Crippen LogP contribution in [0.15, 0.2) is 40.6 Å². The van der Waals surface area contributed by atoms with Crippen LogP contribution in [0.3, 0.4) is 0 Å². The number of thiophene rings is 1. The lowest BCUT2D eigenvalue weighted by Gasteiger charge is -2.23. The summed E-state index contributed by atoms with van der Waals surface area (Å²) in [6, 6.07) is 8.94. The highest BCUT2D eigenvalue weighted by atomic mass is 32.2. The van der Waals surface area contributed by atoms with Gasteiger partial charge in [0.1, 0.15) is 5.75 Å². The number of hydrogen-bond acceptors (Lipinski definition) is 5. The van der Waals surface area contributed by atoms with Crippen LogP contribution < -0.4 is 9.46 Å². The van der Waals surface area contributed by atoms with Gasteiger partial charge in [-0.2, -0.15) is 0 Å². The van der Waals surface area contributed by atoms with Gasteiger partial charge in [0.2, 0.25) is 10.0 Å². The Morgan fingerprint density at radius 2 is 1.96 bits per heavy atom. The van der Waals surface area contributed by atoms with E-state index in [0.717, 1.165) is 10.4 Å². The molecule has 2 aromatic rings. The SMILES string of the molecule is Cc1cc(S(=O)(=O)NCC(c2cccs2)N(C)C)ccc1OC(C)C. The van der Waals surface area contributed by atoms with Crippen molar-refractivity contribution < 1.29 is 13.2 Å². The van der Waals surface area contributed by atoms with Gasteiger partial charge in [0.15, 0.2) is 0 Å². The van der Waals surface area contributed by atoms with E-state index in [2.05, 4.69) is 4.72 Å². The Morgan fingerprint density at radius 3 is 2.48 bits per heavy atom. The summed E-state index contributed by atoms with van der Waals surface area (Å²) in [6.45, 7) is 6.05. The maximum atomic E-state index is 12.6. The first-order valence-electron chi connectivity index (χ1n) is 8.17. The Kier molecular flexibility index (Phi) is 6.62. The molecule has 1 N–H and O–H groups in total. The second kappa shape index (κ2) is 8.31. The van der Waals surface area contributed by atoms with Gasteiger partial charge in [-0.1, -0.05) is 6.07 Å². The van der Waals surface area contributed by atoms with Crippen molar-refractivity contribution in [3.8, 4) is 5.75 Å². The van der Waals surface area contributed by atoms with Crippen molar-refractivity contribution in [1.82, 2.24) is 9.62 Å². The van der Waals surface area contributed by atoms with Crippen molar-refractivity contribution in [3.05, 3.63) is 46.2 Å². The summed E-state index contributed by atoms with van der Waals surface area (Å²) in [4.78, 5) is 3.40. The van der Waals surface area contributed by atoms with E-state index >= 15 is 0 Å². The van der Waals surface area contributed by atoms with E-state index in [4.69, 9.17) is 4.74 Å². The van der Waals surface area contributed by atoms with Crippen LogP contribution in [0, 0.1) is 6.92 Å². The standard InChI is InChI=1S/C18H26N2O3S2/c1-13(2)23-17-9-8-15(11-14(17)3)25(21,22)19-12-16(20(4)5)18-7-6-10-24-18/h6-11,13,16,19H,12H2,1-5H3. The fraction of sp³-hybridized carbons (Fsp3) is 0.444. The molecule has 0 bridgehead atoms. The highest BCUT2D eigenvalue weighted by Gasteiger charge is 2.21. The topological polar surface area (TPSA) is 58.6 Å². The third kappa shape index (κ3) is 5.28. The van der Waals surface area contributed by atoms with Gasteiger partial charge in [-0.3, -0.25) is 0 Å². The number of likely N-dealkylation sites (N-methyl/N-ethyl adjacent to an activating group) is 1. The van der Waals surface area contributed by atoms with Crippen molar-refractivity contribution in [2.75, 3.05) is 20.6 Å². The molecular formula is C18H26N2O3S2. The number of rotatable bonds is 8. The fourth-order valence-corrected chi connectivity index (χ4v) is 4.51. The molecule has 1 atom stereocenters. The van der Waals surface area contributed by atoms with E-state index in [0.29, 0.717) is 12.3 Å². The first-order valence-corrected chi connectivity index (χ1v) is 10.5. The highest BCUT2D eigenvalue weighted by Crippen LogP contribution is 2.25. The number of nitrogens with zero attached hydrogens (tertiary/aromatic N) is 1. The van der Waals surface area contributed by atoms with Gasteiger partial charge in [-0.15, -0.1) is 11.3 Å². The van der Waals surface area contributed by atoms with E-state index in [-0.39, 0.29) is 17.0 Å². The number of hydrogen-bond donors (Lipinski definition) is 1. The van der Waals surface area contributed by atoms with Crippen molar-refractivity contribution in [2.24, 2.45) is 0 Å². The van der Waals surface area contributed by atoms with Crippen LogP contribution in [-0.2, 0) is 10.0 Å². The summed E-state index contributed by atoms with van der Waals surface area (Å²) in [7, 11) is 0.315. The van der Waals surface area contributed by atoms with Gasteiger partial charge in [-0.25, -0.2) is 13.1 Å². The molecule has 25 heavy (non-hydrogen) atoms. The maximum Gasteiger partial charge on any atom is 0.240 e. The molecule has 0 radical (unpaired) electrons. The Labute approximate surface area is 154 Å². The molecule has 0 saturated heterocycles. The largest absolute Gasteiger partial charge is 0.491 e. The zero-order valence-electron chi connectivity index (χ0n) is 15.3. The number of sulfonamides is 1. The van der Waals surface area contributed by atoms with E-state index in [1.165, 1.54) is 0 Å². The number of ether oxygens (including phenoxy) is 1. The van der Waals surface area contributed by atoms with E-state index in [1.807, 2.05) is 57.3 Å². The molecular weight excluding hydrogens is 356 g/mol. The number of nitrogens with one attached hydrogen (secondary N) is 1. The van der Waals surface area contributed by atoms with E-state index in [1.54, 1.807) is 29.5 Å². The smallest absolute Gasteiger partial charge is 0.240 e. The third-order valence-electron chi connectivity index (χ3n) is 3.78. The molecule has 0 aliphatic heterocycles. The van der Waals surface area contributed by atoms with Gasteiger partial charge < -0.3 is 9.64 Å². The van der Waals surface area contributed by atoms with Crippen molar-refractivity contribution in [2.45, 2.75) is 37.8 Å². The molecule has 2 rings (SSSR count). The Hall–Kier alpha value is -1.41. The normalized spacial score (nSPS) is 13.4. The molecule has 0 saturated carbocycles. The third-order valence-corrected chi connectivity index (χ3v) is 6.18. The summed E-state index contributed by atoms with van der Waals surface area (Å²) < 4.78 is 33.7. The second-order valence-electron chi connectivity index (χ2n) is 6.44. The molecule has 0 fully saturated rings. The maximum absolute atomic E-state index is 12.6. The van der Waals surface area contributed by atoms with Gasteiger partial charge in [0.25, 0.3) is 0 Å². The second-order valence-corrected chi connectivity index (χ2v) is 9.19. The minimum Gasteiger partial charge on any atom is -0.491 e. The molecule has 0 aliphatic carbocycles. The summed E-state index contributed by atoms with van der Waals surface area (Å²) in [5.74, 6) is 0.707. The summed E-state index contributed by atoms with van der Waals surface area (Å²) in [5, 5.41) is 2.00. The molecule has 5 nitrogen and oxygen atoms in total. The molecule has 0 aliphatic rings. The van der Waals surface area contributed by atoms with Crippen LogP contribution >= 0.6 is 11.3 Å². The van der Waals surface area contributed by atoms with E-state index in [9.17, 15) is 8.42 Å². The van der Waals surface area contributed by atoms with Gasteiger partial charge >= 0.3 is 0 Å². The van der Waals surface area contributed by atoms with Crippen LogP contribution in [0.4, 0.5) is 0 Å². The molecule has 0 amide bonds. The highest BCUT2D eigenvalue weighted by molar-refractivity contribution is 7.89. The molecule has 7 heteroatoms. The predicted molar refractivity (Wildman–Crippen MR) is 103 cm³/mol. The average Bonchev–Trinajstić information content (AvgIpc) is 3.02. The van der Waals surface area contributed by atoms with Crippen molar-refractivity contribution >= 4 is 21.4 Å². The van der Waals surface area contributed by atoms with Gasteiger partial charge in [0, 0.05) is 11.4 Å². The summed E-state index contributed by atoms with van der Waals surface area (Å²) in [5.41, 5.74) is 0.805. The van der Waals surface area contributed by atoms with Crippen molar-refractivity contribution in [3.63, 3.8) is 0 Å². The molecule has 1 aromatic carbocycles. The lowest BCUT2D eigenvalue weighted by molar-refractivity contribution is 0.240. The monoisotopic (exact) mass is 382 g/mol. The number of benzene rings is 1. The average molecular weight is 383 g/mol. The predicted octanol–water partition coefficient (Wildman–Crippen LogP) is 3.42. The Balaban J connectivity index is 2.14. The number of aryl methyl sites for hydroxylation is 1. The van der Waals surface area contributed by atoms with Crippen molar-refractivity contribution in [1.29, 1.82) is 0 Å².